The molecule has 23 heavy (non-hydrogen) atoms. The molecule has 0 radical (unpaired) electrons. The van der Waals surface area contributed by atoms with Gasteiger partial charge in [-0.15, -0.1) is 0 Å². The van der Waals surface area contributed by atoms with Crippen LogP contribution in [-0.4, -0.2) is 28.9 Å². The summed E-state index contributed by atoms with van der Waals surface area (Å²) in [6.45, 7) is 4.15. The summed E-state index contributed by atoms with van der Waals surface area (Å²) in [4.78, 5) is 17.9. The van der Waals surface area contributed by atoms with Crippen LogP contribution in [0.25, 0.3) is 10.9 Å². The molecule has 0 saturated carbocycles. The molecule has 1 atom stereocenters. The third-order valence-electron chi connectivity index (χ3n) is 4.52. The van der Waals surface area contributed by atoms with Gasteiger partial charge in [0.05, 0.1) is 6.42 Å². The number of carbonyl (C=O) groups excluding carboxylic acids is 1. The molecule has 0 aliphatic carbocycles. The van der Waals surface area contributed by atoms with E-state index in [-0.39, 0.29) is 11.9 Å². The molecule has 0 fully saturated rings. The molecule has 1 N–H and O–H groups in total. The molecule has 1 amide bonds. The van der Waals surface area contributed by atoms with E-state index in [1.165, 1.54) is 5.56 Å². The molecule has 3 rings (SSSR count). The largest absolute Gasteiger partial charge is 0.358 e. The number of aryl methyl sites for hydroxylation is 1. The first-order valence-electron chi connectivity index (χ1n) is 7.89. The second kappa shape index (κ2) is 6.59. The number of benzene rings is 1. The maximum atomic E-state index is 12.7. The van der Waals surface area contributed by atoms with Gasteiger partial charge in [-0.1, -0.05) is 18.2 Å². The van der Waals surface area contributed by atoms with Crippen LogP contribution in [-0.2, 0) is 17.6 Å². The van der Waals surface area contributed by atoms with Crippen molar-refractivity contribution in [1.82, 2.24) is 9.88 Å². The Morgan fingerprint density at radius 2 is 2.09 bits per heavy atom. The molecule has 1 aromatic carbocycles. The zero-order valence-electron chi connectivity index (χ0n) is 13.8. The van der Waals surface area contributed by atoms with Crippen molar-refractivity contribution in [3.63, 3.8) is 0 Å². The Labute approximate surface area is 140 Å². The van der Waals surface area contributed by atoms with E-state index >= 15 is 0 Å². The lowest BCUT2D eigenvalue weighted by Crippen LogP contribution is -2.37. The highest BCUT2D eigenvalue weighted by atomic mass is 32.1. The van der Waals surface area contributed by atoms with E-state index in [9.17, 15) is 4.79 Å². The van der Waals surface area contributed by atoms with Gasteiger partial charge in [0.2, 0.25) is 5.91 Å². The summed E-state index contributed by atoms with van der Waals surface area (Å²) in [7, 11) is 1.91. The van der Waals surface area contributed by atoms with Gasteiger partial charge >= 0.3 is 0 Å². The van der Waals surface area contributed by atoms with Gasteiger partial charge in [0, 0.05) is 29.7 Å². The molecule has 0 bridgehead atoms. The van der Waals surface area contributed by atoms with Crippen molar-refractivity contribution in [3.8, 4) is 0 Å². The van der Waals surface area contributed by atoms with Gasteiger partial charge < -0.3 is 9.88 Å². The van der Waals surface area contributed by atoms with Crippen LogP contribution < -0.4 is 0 Å². The number of hydrogen-bond acceptors (Lipinski definition) is 2. The Morgan fingerprint density at radius 3 is 2.83 bits per heavy atom. The van der Waals surface area contributed by atoms with Crippen molar-refractivity contribution in [1.29, 1.82) is 0 Å². The Bertz CT molecular complexity index is 804. The van der Waals surface area contributed by atoms with Gasteiger partial charge in [-0.25, -0.2) is 0 Å². The van der Waals surface area contributed by atoms with Crippen molar-refractivity contribution in [2.75, 3.05) is 7.05 Å². The minimum atomic E-state index is 0.167. The highest BCUT2D eigenvalue weighted by Gasteiger charge is 2.19. The number of aromatic amines is 1. The molecule has 0 aliphatic heterocycles. The average Bonchev–Trinajstić information content (AvgIpc) is 3.15. The van der Waals surface area contributed by atoms with Crippen molar-refractivity contribution >= 4 is 28.1 Å². The summed E-state index contributed by atoms with van der Waals surface area (Å²) in [5, 5.41) is 5.38. The normalized spacial score (nSPS) is 12.5. The number of fused-ring (bicyclic) bond motifs is 1. The predicted molar refractivity (Wildman–Crippen MR) is 97.0 cm³/mol. The van der Waals surface area contributed by atoms with Gasteiger partial charge in [0.1, 0.15) is 0 Å². The number of likely N-dealkylation sites (N-methyl/N-ethyl adjacent to an activating group) is 1. The minimum Gasteiger partial charge on any atom is -0.358 e. The van der Waals surface area contributed by atoms with Gasteiger partial charge in [-0.3, -0.25) is 4.79 Å². The third-order valence-corrected chi connectivity index (χ3v) is 5.25. The molecule has 0 saturated heterocycles. The average molecular weight is 326 g/mol. The number of amides is 1. The summed E-state index contributed by atoms with van der Waals surface area (Å²) in [6.07, 6.45) is 1.35. The number of aromatic nitrogens is 1. The first kappa shape index (κ1) is 15.8. The van der Waals surface area contributed by atoms with E-state index in [1.54, 1.807) is 11.3 Å². The summed E-state index contributed by atoms with van der Waals surface area (Å²) in [6, 6.07) is 10.5. The fourth-order valence-electron chi connectivity index (χ4n) is 2.97. The van der Waals surface area contributed by atoms with Crippen LogP contribution in [0.3, 0.4) is 0 Å². The second-order valence-corrected chi connectivity index (χ2v) is 6.92. The van der Waals surface area contributed by atoms with Gasteiger partial charge in [0.15, 0.2) is 0 Å². The number of thiophene rings is 1. The Kier molecular flexibility index (Phi) is 4.53. The molecule has 3 aromatic rings. The third kappa shape index (κ3) is 3.32. The van der Waals surface area contributed by atoms with E-state index in [2.05, 4.69) is 40.9 Å². The Hall–Kier alpha value is -2.07. The first-order valence-corrected chi connectivity index (χ1v) is 8.83. The zero-order valence-corrected chi connectivity index (χ0v) is 14.6. The summed E-state index contributed by atoms with van der Waals surface area (Å²) in [5.74, 6) is 0.167. The number of nitrogens with one attached hydrogen (secondary N) is 1. The molecule has 2 aromatic heterocycles. The molecule has 2 heterocycles. The highest BCUT2D eigenvalue weighted by Crippen LogP contribution is 2.23. The summed E-state index contributed by atoms with van der Waals surface area (Å²) >= 11 is 1.70. The predicted octanol–water partition coefficient (Wildman–Crippen LogP) is 4.17. The quantitative estimate of drug-likeness (QED) is 0.750. The van der Waals surface area contributed by atoms with E-state index < -0.39 is 0 Å². The van der Waals surface area contributed by atoms with Crippen LogP contribution in [0.2, 0.25) is 0 Å². The molecular formula is C19H22N2OS. The summed E-state index contributed by atoms with van der Waals surface area (Å²) in [5.41, 5.74) is 4.59. The van der Waals surface area contributed by atoms with Crippen LogP contribution in [0.1, 0.15) is 23.7 Å². The lowest BCUT2D eigenvalue weighted by molar-refractivity contribution is -0.130. The lowest BCUT2D eigenvalue weighted by atomic mass is 10.1. The van der Waals surface area contributed by atoms with E-state index in [0.29, 0.717) is 6.42 Å². The van der Waals surface area contributed by atoms with Crippen LogP contribution in [0, 0.1) is 6.92 Å². The number of para-hydroxylation sites is 1. The number of H-pyrrole nitrogens is 1. The van der Waals surface area contributed by atoms with Crippen LogP contribution in [0.4, 0.5) is 0 Å². The van der Waals surface area contributed by atoms with E-state index in [1.807, 2.05) is 31.0 Å². The van der Waals surface area contributed by atoms with Crippen molar-refractivity contribution in [3.05, 3.63) is 57.9 Å². The molecule has 4 heteroatoms. The molecule has 3 nitrogen and oxygen atoms in total. The van der Waals surface area contributed by atoms with Gasteiger partial charge in [-0.05, 0) is 54.3 Å². The second-order valence-electron chi connectivity index (χ2n) is 6.14. The van der Waals surface area contributed by atoms with Gasteiger partial charge in [0.25, 0.3) is 0 Å². The maximum Gasteiger partial charge on any atom is 0.227 e. The minimum absolute atomic E-state index is 0.167. The van der Waals surface area contributed by atoms with Crippen molar-refractivity contribution in [2.45, 2.75) is 32.7 Å². The fourth-order valence-corrected chi connectivity index (χ4v) is 3.65. The van der Waals surface area contributed by atoms with E-state index in [4.69, 9.17) is 0 Å². The monoisotopic (exact) mass is 326 g/mol. The molecule has 0 spiro atoms. The van der Waals surface area contributed by atoms with Crippen LogP contribution in [0.5, 0.6) is 0 Å². The number of hydrogen-bond donors (Lipinski definition) is 1. The van der Waals surface area contributed by atoms with Crippen molar-refractivity contribution < 1.29 is 4.79 Å². The lowest BCUT2D eigenvalue weighted by Gasteiger charge is -2.25. The topological polar surface area (TPSA) is 36.1 Å². The van der Waals surface area contributed by atoms with Crippen molar-refractivity contribution in [2.24, 2.45) is 0 Å². The SMILES string of the molecule is Cc1[nH]c2ccccc2c1CC(=O)N(C)C(C)Cc1ccsc1. The fraction of sp³-hybridized carbons (Fsp3) is 0.316. The zero-order chi connectivity index (χ0) is 16.4. The van der Waals surface area contributed by atoms with Gasteiger partial charge in [-0.2, -0.15) is 11.3 Å². The van der Waals surface area contributed by atoms with Crippen LogP contribution in [0.15, 0.2) is 41.1 Å². The summed E-state index contributed by atoms with van der Waals surface area (Å²) < 4.78 is 0. The Morgan fingerprint density at radius 1 is 1.30 bits per heavy atom. The molecule has 0 aliphatic rings. The number of rotatable bonds is 5. The van der Waals surface area contributed by atoms with E-state index in [0.717, 1.165) is 28.6 Å². The highest BCUT2D eigenvalue weighted by molar-refractivity contribution is 7.07. The first-order chi connectivity index (χ1) is 11.1. The molecular weight excluding hydrogens is 304 g/mol. The number of carbonyl (C=O) groups is 1. The molecule has 1 unspecified atom stereocenters. The number of nitrogens with zero attached hydrogens (tertiary/aromatic N) is 1. The maximum absolute atomic E-state index is 12.7. The molecule has 120 valence electrons. The standard InChI is InChI=1S/C19H22N2OS/c1-13(10-15-8-9-23-12-15)21(3)19(22)11-17-14(2)20-18-7-5-4-6-16(17)18/h4-9,12-13,20H,10-11H2,1-3H3. The van der Waals surface area contributed by atoms with Crippen LogP contribution >= 0.6 is 11.3 Å². The Balaban J connectivity index is 1.73. The smallest absolute Gasteiger partial charge is 0.227 e.